The molecule has 426 valence electrons. The minimum atomic E-state index is -0.835. The van der Waals surface area contributed by atoms with Crippen molar-refractivity contribution in [2.45, 2.75) is 243 Å². The topological polar surface area (TPSA) is 220 Å². The Balaban J connectivity index is 0. The van der Waals surface area contributed by atoms with E-state index in [-0.39, 0.29) is 79.5 Å². The molecule has 0 bridgehead atoms. The van der Waals surface area contributed by atoms with Crippen LogP contribution in [-0.2, 0) is 46.0 Å². The molecule has 0 fully saturated rings. The van der Waals surface area contributed by atoms with E-state index in [1.807, 2.05) is 96.9 Å². The molecular weight excluding hydrogens is 953 g/mol. The second kappa shape index (κ2) is 26.9. The number of aliphatic hydroxyl groups is 2. The van der Waals surface area contributed by atoms with Crippen molar-refractivity contribution < 1.29 is 62.2 Å². The molecule has 13 heteroatoms. The first-order chi connectivity index (χ1) is 33.2. The Morgan fingerprint density at radius 2 is 1.01 bits per heavy atom. The summed E-state index contributed by atoms with van der Waals surface area (Å²) in [7, 11) is 0. The predicted molar refractivity (Wildman–Crippen MR) is 299 cm³/mol. The highest BCUT2D eigenvalue weighted by Gasteiger charge is 2.41. The molecule has 0 saturated heterocycles. The lowest BCUT2D eigenvalue weighted by Crippen LogP contribution is -2.44. The van der Waals surface area contributed by atoms with Gasteiger partial charge in [-0.3, -0.25) is 43.2 Å². The van der Waals surface area contributed by atoms with Gasteiger partial charge in [-0.25, -0.2) is 0 Å². The molecule has 0 aromatic carbocycles. The lowest BCUT2D eigenvalue weighted by atomic mass is 9.71. The SMILES string of the molecule is CC(=O)/C(C)=C(/O)C(C)(C)C.CC(=O)C(C)(C)C(=O)C(C)(C)C.CC(=O)C(C)(C)C(O)C(C)(C)C.CC(=O)C(C)C(=O)C(C)(C)C.CC(=O)c1occ2c1C(C)(C)CCC2.CC(=O)c1occ2c1C(C)(C)CCC2=O. The highest BCUT2D eigenvalue weighted by molar-refractivity contribution is 6.07. The molecule has 13 nitrogen and oxygen atoms in total. The number of aliphatic hydroxyl groups excluding tert-OH is 2. The van der Waals surface area contributed by atoms with Gasteiger partial charge in [-0.05, 0) is 103 Å². The lowest BCUT2D eigenvalue weighted by Gasteiger charge is -2.37. The second-order valence-electron chi connectivity index (χ2n) is 27.0. The Bertz CT molecular complexity index is 2400. The first-order valence-electron chi connectivity index (χ1n) is 26.2. The van der Waals surface area contributed by atoms with E-state index in [1.165, 1.54) is 52.9 Å². The number of carbonyl (C=O) groups excluding carboxylic acids is 9. The van der Waals surface area contributed by atoms with Crippen LogP contribution in [0.4, 0.5) is 0 Å². The van der Waals surface area contributed by atoms with Gasteiger partial charge in [0.1, 0.15) is 35.2 Å². The van der Waals surface area contributed by atoms with E-state index in [0.717, 1.165) is 30.4 Å². The maximum absolute atomic E-state index is 11.7. The molecule has 0 saturated carbocycles. The summed E-state index contributed by atoms with van der Waals surface area (Å²) >= 11 is 0. The molecular formula is C62H100O13. The molecule has 2 unspecified atom stereocenters. The van der Waals surface area contributed by atoms with E-state index in [2.05, 4.69) is 13.8 Å². The fourth-order valence-corrected chi connectivity index (χ4v) is 8.54. The maximum atomic E-state index is 11.7. The summed E-state index contributed by atoms with van der Waals surface area (Å²) in [6.45, 7) is 50.0. The molecule has 2 aliphatic carbocycles. The minimum absolute atomic E-state index is 0.00231. The van der Waals surface area contributed by atoms with Gasteiger partial charge < -0.3 is 19.0 Å². The smallest absolute Gasteiger partial charge is 0.195 e. The first-order valence-corrected chi connectivity index (χ1v) is 26.2. The van der Waals surface area contributed by atoms with E-state index in [4.69, 9.17) is 8.83 Å². The zero-order valence-corrected chi connectivity index (χ0v) is 51.7. The number of ketones is 9. The summed E-state index contributed by atoms with van der Waals surface area (Å²) in [6.07, 6.45) is 7.28. The van der Waals surface area contributed by atoms with Gasteiger partial charge in [0.2, 0.25) is 0 Å². The summed E-state index contributed by atoms with van der Waals surface area (Å²) in [5.41, 5.74) is 1.31. The third-order valence-electron chi connectivity index (χ3n) is 14.1. The van der Waals surface area contributed by atoms with Crippen LogP contribution in [0.2, 0.25) is 0 Å². The first kappa shape index (κ1) is 72.2. The Morgan fingerprint density at radius 1 is 0.587 bits per heavy atom. The highest BCUT2D eigenvalue weighted by atomic mass is 16.3. The van der Waals surface area contributed by atoms with Crippen molar-refractivity contribution in [3.8, 4) is 0 Å². The van der Waals surface area contributed by atoms with Crippen molar-refractivity contribution in [1.82, 2.24) is 0 Å². The molecule has 2 heterocycles. The van der Waals surface area contributed by atoms with Crippen LogP contribution in [0, 0.1) is 38.4 Å². The third kappa shape index (κ3) is 20.9. The van der Waals surface area contributed by atoms with Crippen LogP contribution < -0.4 is 0 Å². The van der Waals surface area contributed by atoms with Crippen LogP contribution in [0.1, 0.15) is 268 Å². The van der Waals surface area contributed by atoms with E-state index < -0.39 is 33.7 Å². The molecule has 2 N–H and O–H groups in total. The van der Waals surface area contributed by atoms with Crippen molar-refractivity contribution >= 4 is 52.0 Å². The molecule has 0 aliphatic heterocycles. The molecule has 2 aromatic heterocycles. The zero-order chi connectivity index (χ0) is 60.3. The van der Waals surface area contributed by atoms with E-state index in [1.54, 1.807) is 54.7 Å². The molecule has 0 spiro atoms. The van der Waals surface area contributed by atoms with Crippen molar-refractivity contribution in [2.75, 3.05) is 0 Å². The molecule has 2 aromatic rings. The number of hydrogen-bond donors (Lipinski definition) is 2. The van der Waals surface area contributed by atoms with E-state index in [9.17, 15) is 53.4 Å². The fourth-order valence-electron chi connectivity index (χ4n) is 8.54. The highest BCUT2D eigenvalue weighted by Crippen LogP contribution is 2.41. The van der Waals surface area contributed by atoms with Crippen molar-refractivity contribution in [3.63, 3.8) is 0 Å². The lowest BCUT2D eigenvalue weighted by molar-refractivity contribution is -0.143. The predicted octanol–water partition coefficient (Wildman–Crippen LogP) is 14.3. The van der Waals surface area contributed by atoms with Gasteiger partial charge in [0.25, 0.3) is 0 Å². The molecule has 4 rings (SSSR count). The summed E-state index contributed by atoms with van der Waals surface area (Å²) in [5, 5.41) is 19.3. The molecule has 2 aliphatic rings. The standard InChI is InChI=1S/C12H14O3.C12H16O2.C10H20O2.C10H18O2.2C9H16O2/c1-7(13)11-10-8(6-15-11)9(14)4-5-12(10,2)3;1-8(13)11-10-9(7-14-11)5-4-6-12(10,2)3;2*1-7(11)10(5,6)8(12)9(2,3)4;2*1-6(7(2)10)8(11)9(3,4)5/h6H,4-5H2,1-3H3;7H,4-6H2,1-3H3;8,12H,1-6H3;1-6H3;11H,1-5H3;6H,1-5H3/b;;;;8-6+;. The monoisotopic (exact) mass is 1050 g/mol. The maximum Gasteiger partial charge on any atom is 0.195 e. The number of fused-ring (bicyclic) bond motifs is 2. The average molecular weight is 1050 g/mol. The second-order valence-corrected chi connectivity index (χ2v) is 27.0. The number of rotatable bonds is 9. The number of carbonyl (C=O) groups is 9. The molecule has 0 radical (unpaired) electrons. The molecule has 2 atom stereocenters. The van der Waals surface area contributed by atoms with Gasteiger partial charge in [0.05, 0.1) is 29.3 Å². The van der Waals surface area contributed by atoms with Gasteiger partial charge >= 0.3 is 0 Å². The average Bonchev–Trinajstić information content (AvgIpc) is 3.91. The van der Waals surface area contributed by atoms with Gasteiger partial charge in [0.15, 0.2) is 40.4 Å². The van der Waals surface area contributed by atoms with Gasteiger partial charge in [0, 0.05) is 58.6 Å². The number of aryl methyl sites for hydroxylation is 1. The van der Waals surface area contributed by atoms with Crippen LogP contribution in [0.5, 0.6) is 0 Å². The van der Waals surface area contributed by atoms with Crippen LogP contribution in [-0.4, -0.2) is 68.4 Å². The Hall–Kier alpha value is -4.91. The largest absolute Gasteiger partial charge is 0.511 e. The summed E-state index contributed by atoms with van der Waals surface area (Å²) in [4.78, 5) is 101. The van der Waals surface area contributed by atoms with Crippen LogP contribution in [0.25, 0.3) is 0 Å². The quantitative estimate of drug-likeness (QED) is 0.103. The number of allylic oxidation sites excluding steroid dienone is 2. The molecule has 0 amide bonds. The van der Waals surface area contributed by atoms with Crippen molar-refractivity contribution in [1.29, 1.82) is 0 Å². The number of furan rings is 2. The fraction of sp³-hybridized carbons (Fsp3) is 0.694. The van der Waals surface area contributed by atoms with Crippen LogP contribution >= 0.6 is 0 Å². The Kier molecular flexibility index (Phi) is 25.9. The van der Waals surface area contributed by atoms with E-state index >= 15 is 0 Å². The van der Waals surface area contributed by atoms with Crippen molar-refractivity contribution in [3.05, 3.63) is 57.6 Å². The van der Waals surface area contributed by atoms with Gasteiger partial charge in [-0.2, -0.15) is 0 Å². The minimum Gasteiger partial charge on any atom is -0.511 e. The summed E-state index contributed by atoms with van der Waals surface area (Å²) < 4.78 is 10.6. The van der Waals surface area contributed by atoms with E-state index in [0.29, 0.717) is 29.1 Å². The van der Waals surface area contributed by atoms with Crippen molar-refractivity contribution in [2.24, 2.45) is 38.4 Å². The Labute approximate surface area is 451 Å². The third-order valence-corrected chi connectivity index (χ3v) is 14.1. The molecule has 75 heavy (non-hydrogen) atoms. The Morgan fingerprint density at radius 3 is 1.31 bits per heavy atom. The van der Waals surface area contributed by atoms with Gasteiger partial charge in [-0.1, -0.05) is 125 Å². The normalized spacial score (nSPS) is 16.1. The summed E-state index contributed by atoms with van der Waals surface area (Å²) in [5.74, 6) is 0.538. The number of hydrogen-bond acceptors (Lipinski definition) is 13. The zero-order valence-electron chi connectivity index (χ0n) is 51.7. The summed E-state index contributed by atoms with van der Waals surface area (Å²) in [6, 6.07) is 0. The number of Topliss-reactive ketones (excluding diaryl/α,β-unsaturated/α-hetero) is 9. The van der Waals surface area contributed by atoms with Crippen LogP contribution in [0.15, 0.2) is 32.7 Å². The van der Waals surface area contributed by atoms with Gasteiger partial charge in [-0.15, -0.1) is 0 Å². The van der Waals surface area contributed by atoms with Crippen LogP contribution in [0.3, 0.4) is 0 Å².